The van der Waals surface area contributed by atoms with Crippen LogP contribution in [-0.2, 0) is 4.74 Å². The van der Waals surface area contributed by atoms with Crippen LogP contribution in [0.3, 0.4) is 0 Å². The molecule has 0 saturated heterocycles. The zero-order valence-electron chi connectivity index (χ0n) is 11.7. The summed E-state index contributed by atoms with van der Waals surface area (Å²) in [5, 5.41) is 3.43. The normalized spacial score (nSPS) is 12.5. The first-order valence-corrected chi connectivity index (χ1v) is 6.36. The second kappa shape index (κ2) is 7.11. The molecular formula is C14H24N2O2. The third kappa shape index (κ3) is 4.11. The molecule has 4 heteroatoms. The highest BCUT2D eigenvalue weighted by molar-refractivity contribution is 5.68. The van der Waals surface area contributed by atoms with E-state index in [2.05, 4.69) is 19.2 Å². The first-order valence-electron chi connectivity index (χ1n) is 6.36. The first-order chi connectivity index (χ1) is 8.58. The van der Waals surface area contributed by atoms with Crippen LogP contribution in [0.4, 0.5) is 11.4 Å². The quantitative estimate of drug-likeness (QED) is 0.733. The molecule has 0 saturated carbocycles. The van der Waals surface area contributed by atoms with Crippen molar-refractivity contribution < 1.29 is 9.47 Å². The largest absolute Gasteiger partial charge is 0.497 e. The van der Waals surface area contributed by atoms with E-state index in [1.807, 2.05) is 25.1 Å². The van der Waals surface area contributed by atoms with Crippen molar-refractivity contribution in [3.63, 3.8) is 0 Å². The van der Waals surface area contributed by atoms with Crippen molar-refractivity contribution in [2.75, 3.05) is 31.4 Å². The molecule has 0 aliphatic carbocycles. The molecule has 1 aromatic rings. The molecule has 1 unspecified atom stereocenters. The van der Waals surface area contributed by atoms with Gasteiger partial charge in [0.1, 0.15) is 5.75 Å². The average Bonchev–Trinajstić information content (AvgIpc) is 2.35. The van der Waals surface area contributed by atoms with Crippen LogP contribution in [0.2, 0.25) is 0 Å². The third-order valence-electron chi connectivity index (χ3n) is 2.91. The number of nitrogens with one attached hydrogen (secondary N) is 1. The van der Waals surface area contributed by atoms with E-state index in [0.717, 1.165) is 18.0 Å². The van der Waals surface area contributed by atoms with Crippen molar-refractivity contribution in [1.29, 1.82) is 0 Å². The van der Waals surface area contributed by atoms with Crippen molar-refractivity contribution in [2.45, 2.75) is 26.8 Å². The Morgan fingerprint density at radius 1 is 1.33 bits per heavy atom. The monoisotopic (exact) mass is 252 g/mol. The minimum absolute atomic E-state index is 0.251. The summed E-state index contributed by atoms with van der Waals surface area (Å²) in [7, 11) is 1.63. The molecule has 0 heterocycles. The molecule has 0 bridgehead atoms. The SMILES string of the molecule is CCOCC(Nc1ccc(OC)cc1N)C(C)C. The topological polar surface area (TPSA) is 56.5 Å². The van der Waals surface area contributed by atoms with Crippen LogP contribution in [0.5, 0.6) is 5.75 Å². The summed E-state index contributed by atoms with van der Waals surface area (Å²) in [4.78, 5) is 0. The fourth-order valence-corrected chi connectivity index (χ4v) is 1.64. The van der Waals surface area contributed by atoms with Gasteiger partial charge in [-0.25, -0.2) is 0 Å². The lowest BCUT2D eigenvalue weighted by atomic mass is 10.0. The number of anilines is 2. The van der Waals surface area contributed by atoms with E-state index in [1.165, 1.54) is 0 Å². The van der Waals surface area contributed by atoms with E-state index in [0.29, 0.717) is 18.2 Å². The van der Waals surface area contributed by atoms with Gasteiger partial charge in [0.05, 0.1) is 31.1 Å². The minimum Gasteiger partial charge on any atom is -0.497 e. The van der Waals surface area contributed by atoms with E-state index in [1.54, 1.807) is 7.11 Å². The maximum absolute atomic E-state index is 5.99. The number of benzene rings is 1. The molecule has 1 atom stereocenters. The third-order valence-corrected chi connectivity index (χ3v) is 2.91. The highest BCUT2D eigenvalue weighted by atomic mass is 16.5. The fraction of sp³-hybridized carbons (Fsp3) is 0.571. The van der Waals surface area contributed by atoms with Gasteiger partial charge in [0, 0.05) is 12.7 Å². The van der Waals surface area contributed by atoms with E-state index >= 15 is 0 Å². The number of methoxy groups -OCH3 is 1. The highest BCUT2D eigenvalue weighted by Gasteiger charge is 2.14. The highest BCUT2D eigenvalue weighted by Crippen LogP contribution is 2.25. The van der Waals surface area contributed by atoms with Gasteiger partial charge >= 0.3 is 0 Å². The molecule has 0 aromatic heterocycles. The van der Waals surface area contributed by atoms with E-state index in [4.69, 9.17) is 15.2 Å². The number of nitrogen functional groups attached to an aromatic ring is 1. The summed E-state index contributed by atoms with van der Waals surface area (Å²) in [6.07, 6.45) is 0. The second-order valence-electron chi connectivity index (χ2n) is 4.61. The lowest BCUT2D eigenvalue weighted by molar-refractivity contribution is 0.127. The van der Waals surface area contributed by atoms with Gasteiger partial charge in [-0.05, 0) is 25.0 Å². The first kappa shape index (κ1) is 14.6. The molecule has 18 heavy (non-hydrogen) atoms. The summed E-state index contributed by atoms with van der Waals surface area (Å²) in [6, 6.07) is 5.91. The van der Waals surface area contributed by atoms with Gasteiger partial charge in [0.25, 0.3) is 0 Å². The van der Waals surface area contributed by atoms with E-state index in [9.17, 15) is 0 Å². The second-order valence-corrected chi connectivity index (χ2v) is 4.61. The van der Waals surface area contributed by atoms with Crippen LogP contribution in [-0.4, -0.2) is 26.4 Å². The van der Waals surface area contributed by atoms with Gasteiger partial charge in [-0.1, -0.05) is 13.8 Å². The molecule has 1 aromatic carbocycles. The zero-order valence-corrected chi connectivity index (χ0v) is 11.7. The smallest absolute Gasteiger partial charge is 0.121 e. The van der Waals surface area contributed by atoms with Crippen molar-refractivity contribution in [3.8, 4) is 5.75 Å². The van der Waals surface area contributed by atoms with Crippen LogP contribution in [0, 0.1) is 5.92 Å². The van der Waals surface area contributed by atoms with Gasteiger partial charge < -0.3 is 20.5 Å². The van der Waals surface area contributed by atoms with Crippen molar-refractivity contribution >= 4 is 11.4 Å². The summed E-state index contributed by atoms with van der Waals surface area (Å²) in [6.45, 7) is 7.73. The molecule has 0 aliphatic rings. The Labute approximate surface area is 109 Å². The summed E-state index contributed by atoms with van der Waals surface area (Å²) in [5.74, 6) is 1.24. The minimum atomic E-state index is 0.251. The molecule has 1 rings (SSSR count). The van der Waals surface area contributed by atoms with Crippen LogP contribution in [0.1, 0.15) is 20.8 Å². The van der Waals surface area contributed by atoms with Gasteiger partial charge in [0.2, 0.25) is 0 Å². The number of hydrogen-bond acceptors (Lipinski definition) is 4. The number of nitrogens with two attached hydrogens (primary N) is 1. The Kier molecular flexibility index (Phi) is 5.78. The molecule has 0 spiro atoms. The van der Waals surface area contributed by atoms with Crippen LogP contribution in [0.25, 0.3) is 0 Å². The molecule has 102 valence electrons. The molecule has 0 aliphatic heterocycles. The van der Waals surface area contributed by atoms with Crippen LogP contribution in [0.15, 0.2) is 18.2 Å². The molecule has 3 N–H and O–H groups in total. The Balaban J connectivity index is 2.74. The Morgan fingerprint density at radius 2 is 2.06 bits per heavy atom. The summed E-state index contributed by atoms with van der Waals surface area (Å²) in [5.41, 5.74) is 7.61. The predicted molar refractivity (Wildman–Crippen MR) is 76.1 cm³/mol. The fourth-order valence-electron chi connectivity index (χ4n) is 1.64. The molecule has 0 amide bonds. The van der Waals surface area contributed by atoms with Gasteiger partial charge in [-0.15, -0.1) is 0 Å². The number of rotatable bonds is 7. The van der Waals surface area contributed by atoms with Crippen molar-refractivity contribution in [2.24, 2.45) is 5.92 Å². The van der Waals surface area contributed by atoms with Crippen LogP contribution < -0.4 is 15.8 Å². The molecule has 0 radical (unpaired) electrons. The van der Waals surface area contributed by atoms with Gasteiger partial charge in [-0.2, -0.15) is 0 Å². The Morgan fingerprint density at radius 3 is 2.56 bits per heavy atom. The number of hydrogen-bond donors (Lipinski definition) is 2. The number of ether oxygens (including phenoxy) is 2. The molecular weight excluding hydrogens is 228 g/mol. The predicted octanol–water partition coefficient (Wildman–Crippen LogP) is 2.75. The van der Waals surface area contributed by atoms with Crippen molar-refractivity contribution in [1.82, 2.24) is 0 Å². The van der Waals surface area contributed by atoms with Crippen LogP contribution >= 0.6 is 0 Å². The molecule has 4 nitrogen and oxygen atoms in total. The van der Waals surface area contributed by atoms with Gasteiger partial charge in [0.15, 0.2) is 0 Å². The van der Waals surface area contributed by atoms with Gasteiger partial charge in [-0.3, -0.25) is 0 Å². The maximum atomic E-state index is 5.99. The Bertz CT molecular complexity index is 367. The Hall–Kier alpha value is -1.42. The standard InChI is InChI=1S/C14H24N2O2/c1-5-18-9-14(10(2)3)16-13-7-6-11(17-4)8-12(13)15/h6-8,10,14,16H,5,9,15H2,1-4H3. The lowest BCUT2D eigenvalue weighted by Crippen LogP contribution is -2.31. The summed E-state index contributed by atoms with van der Waals surface area (Å²) < 4.78 is 10.6. The van der Waals surface area contributed by atoms with E-state index in [-0.39, 0.29) is 6.04 Å². The van der Waals surface area contributed by atoms with Crippen molar-refractivity contribution in [3.05, 3.63) is 18.2 Å². The summed E-state index contributed by atoms with van der Waals surface area (Å²) >= 11 is 0. The maximum Gasteiger partial charge on any atom is 0.121 e. The van der Waals surface area contributed by atoms with E-state index < -0.39 is 0 Å². The average molecular weight is 252 g/mol. The lowest BCUT2D eigenvalue weighted by Gasteiger charge is -2.24. The zero-order chi connectivity index (χ0) is 13.5. The molecule has 0 fully saturated rings.